The van der Waals surface area contributed by atoms with Gasteiger partial charge in [0.25, 0.3) is 0 Å². The highest BCUT2D eigenvalue weighted by molar-refractivity contribution is 5.90. The highest BCUT2D eigenvalue weighted by Crippen LogP contribution is 2.23. The van der Waals surface area contributed by atoms with Gasteiger partial charge >= 0.3 is 0 Å². The minimum absolute atomic E-state index is 0. The van der Waals surface area contributed by atoms with Gasteiger partial charge in [0.15, 0.2) is 5.82 Å². The molecule has 3 N–H and O–H groups in total. The first kappa shape index (κ1) is 20.8. The minimum Gasteiger partial charge on any atom is -0.321 e. The van der Waals surface area contributed by atoms with Gasteiger partial charge in [0.1, 0.15) is 17.5 Å². The van der Waals surface area contributed by atoms with Gasteiger partial charge in [0.2, 0.25) is 0 Å². The first-order chi connectivity index (χ1) is 12.1. The van der Waals surface area contributed by atoms with Crippen LogP contribution < -0.4 is 5.73 Å². The summed E-state index contributed by atoms with van der Waals surface area (Å²) in [5.74, 6) is 2.85. The number of nitrogens with one attached hydrogen (secondary N) is 1. The fourth-order valence-electron chi connectivity index (χ4n) is 2.90. The number of benzene rings is 2. The molecule has 27 heavy (non-hydrogen) atoms. The Morgan fingerprint density at radius 1 is 1.07 bits per heavy atom. The van der Waals surface area contributed by atoms with Gasteiger partial charge in [-0.15, -0.1) is 24.8 Å². The van der Waals surface area contributed by atoms with E-state index in [0.717, 1.165) is 33.9 Å². The highest BCUT2D eigenvalue weighted by atomic mass is 35.5. The molecule has 2 heterocycles. The number of nitrogens with two attached hydrogens (primary N) is 1. The van der Waals surface area contributed by atoms with Crippen LogP contribution in [-0.2, 0) is 6.42 Å². The number of hydrogen-bond acceptors (Lipinski definition) is 5. The van der Waals surface area contributed by atoms with Crippen LogP contribution in [0.25, 0.3) is 16.5 Å². The van der Waals surface area contributed by atoms with E-state index in [1.165, 1.54) is 0 Å². The first-order valence-corrected chi connectivity index (χ1v) is 8.19. The third kappa shape index (κ3) is 4.10. The number of hydrogen-bond donors (Lipinski definition) is 2. The molecular formula is C18H21Cl2N7. The molecule has 4 aromatic rings. The van der Waals surface area contributed by atoms with E-state index in [2.05, 4.69) is 43.5 Å². The maximum Gasteiger partial charge on any atom is 0.167 e. The lowest BCUT2D eigenvalue weighted by atomic mass is 10.1. The van der Waals surface area contributed by atoms with Crippen molar-refractivity contribution in [3.05, 3.63) is 65.8 Å². The van der Waals surface area contributed by atoms with E-state index in [-0.39, 0.29) is 30.9 Å². The van der Waals surface area contributed by atoms with Crippen molar-refractivity contribution in [1.29, 1.82) is 0 Å². The van der Waals surface area contributed by atoms with Crippen LogP contribution in [0.2, 0.25) is 0 Å². The van der Waals surface area contributed by atoms with Gasteiger partial charge in [-0.2, -0.15) is 10.2 Å². The summed E-state index contributed by atoms with van der Waals surface area (Å²) in [6, 6.07) is 14.2. The third-order valence-corrected chi connectivity index (χ3v) is 4.06. The van der Waals surface area contributed by atoms with Crippen LogP contribution >= 0.6 is 24.8 Å². The SMILES string of the molecule is Cc1nc(Cc2nc(C(C)N)n[nH]2)n(-c2cccc3ccccc23)n1.Cl.Cl. The number of halogens is 2. The number of aromatic nitrogens is 6. The molecule has 2 aromatic carbocycles. The van der Waals surface area contributed by atoms with E-state index in [4.69, 9.17) is 5.73 Å². The summed E-state index contributed by atoms with van der Waals surface area (Å²) >= 11 is 0. The van der Waals surface area contributed by atoms with Crippen LogP contribution in [0.4, 0.5) is 0 Å². The van der Waals surface area contributed by atoms with Gasteiger partial charge in [0.05, 0.1) is 18.2 Å². The maximum absolute atomic E-state index is 5.83. The maximum atomic E-state index is 5.83. The monoisotopic (exact) mass is 405 g/mol. The summed E-state index contributed by atoms with van der Waals surface area (Å²) in [5.41, 5.74) is 6.83. The van der Waals surface area contributed by atoms with Crippen molar-refractivity contribution in [1.82, 2.24) is 29.9 Å². The molecule has 0 aliphatic carbocycles. The summed E-state index contributed by atoms with van der Waals surface area (Å²) in [5, 5.41) is 14.0. The van der Waals surface area contributed by atoms with Crippen molar-refractivity contribution in [2.75, 3.05) is 0 Å². The number of fused-ring (bicyclic) bond motifs is 1. The molecule has 0 bridgehead atoms. The molecule has 0 amide bonds. The van der Waals surface area contributed by atoms with Crippen LogP contribution in [0.5, 0.6) is 0 Å². The van der Waals surface area contributed by atoms with Crippen molar-refractivity contribution in [2.24, 2.45) is 5.73 Å². The van der Waals surface area contributed by atoms with Crippen molar-refractivity contribution >= 4 is 35.6 Å². The van der Waals surface area contributed by atoms with Crippen molar-refractivity contribution in [2.45, 2.75) is 26.3 Å². The summed E-state index contributed by atoms with van der Waals surface area (Å²) in [4.78, 5) is 9.01. The topological polar surface area (TPSA) is 98.3 Å². The summed E-state index contributed by atoms with van der Waals surface area (Å²) in [6.45, 7) is 3.74. The summed E-state index contributed by atoms with van der Waals surface area (Å²) in [6.07, 6.45) is 0.504. The molecule has 0 spiro atoms. The Kier molecular flexibility index (Phi) is 6.54. The molecule has 1 unspecified atom stereocenters. The quantitative estimate of drug-likeness (QED) is 0.542. The number of aromatic amines is 1. The fourth-order valence-corrected chi connectivity index (χ4v) is 2.90. The van der Waals surface area contributed by atoms with E-state index >= 15 is 0 Å². The second-order valence-electron chi connectivity index (χ2n) is 6.09. The number of nitrogens with zero attached hydrogens (tertiary/aromatic N) is 5. The van der Waals surface area contributed by atoms with Gasteiger partial charge < -0.3 is 5.73 Å². The predicted octanol–water partition coefficient (Wildman–Crippen LogP) is 3.30. The number of aryl methyl sites for hydroxylation is 1. The number of rotatable bonds is 4. The zero-order valence-electron chi connectivity index (χ0n) is 15.0. The Labute approximate surface area is 169 Å². The van der Waals surface area contributed by atoms with Gasteiger partial charge in [-0.3, -0.25) is 5.10 Å². The van der Waals surface area contributed by atoms with Crippen molar-refractivity contribution < 1.29 is 0 Å². The summed E-state index contributed by atoms with van der Waals surface area (Å²) < 4.78 is 1.88. The average Bonchev–Trinajstić information content (AvgIpc) is 3.21. The smallest absolute Gasteiger partial charge is 0.167 e. The van der Waals surface area contributed by atoms with Crippen molar-refractivity contribution in [3.8, 4) is 5.69 Å². The number of H-pyrrole nitrogens is 1. The molecule has 4 rings (SSSR count). The Bertz CT molecular complexity index is 1030. The van der Waals surface area contributed by atoms with E-state index < -0.39 is 0 Å². The largest absolute Gasteiger partial charge is 0.321 e. The predicted molar refractivity (Wildman–Crippen MR) is 110 cm³/mol. The lowest BCUT2D eigenvalue weighted by Crippen LogP contribution is -2.07. The van der Waals surface area contributed by atoms with Crippen molar-refractivity contribution in [3.63, 3.8) is 0 Å². The van der Waals surface area contributed by atoms with Crippen LogP contribution in [-0.4, -0.2) is 29.9 Å². The molecule has 0 aliphatic rings. The molecule has 0 fully saturated rings. The second-order valence-corrected chi connectivity index (χ2v) is 6.09. The molecule has 0 saturated heterocycles. The molecule has 9 heteroatoms. The van der Waals surface area contributed by atoms with Crippen LogP contribution in [0.1, 0.15) is 36.3 Å². The standard InChI is InChI=1S/C18H19N7.2ClH/c1-11(19)18-21-16(22-23-18)10-17-20-12(2)24-25(17)15-9-5-7-13-6-3-4-8-14(13)15;;/h3-9,11H,10,19H2,1-2H3,(H,21,22,23);2*1H. The van der Waals surface area contributed by atoms with Crippen LogP contribution in [0.3, 0.4) is 0 Å². The second kappa shape index (κ2) is 8.47. The van der Waals surface area contributed by atoms with Crippen LogP contribution in [0.15, 0.2) is 42.5 Å². The lowest BCUT2D eigenvalue weighted by molar-refractivity contribution is 0.744. The molecule has 7 nitrogen and oxygen atoms in total. The molecular weight excluding hydrogens is 385 g/mol. The molecule has 0 saturated carbocycles. The molecule has 1 atom stereocenters. The Morgan fingerprint density at radius 2 is 1.81 bits per heavy atom. The minimum atomic E-state index is -0.206. The van der Waals surface area contributed by atoms with E-state index in [1.54, 1.807) is 0 Å². The summed E-state index contributed by atoms with van der Waals surface area (Å²) in [7, 11) is 0. The van der Waals surface area contributed by atoms with E-state index in [9.17, 15) is 0 Å². The molecule has 0 radical (unpaired) electrons. The Hall–Kier alpha value is -2.48. The fraction of sp³-hybridized carbons (Fsp3) is 0.222. The van der Waals surface area contributed by atoms with Crippen LogP contribution in [0, 0.1) is 6.92 Å². The molecule has 2 aromatic heterocycles. The highest BCUT2D eigenvalue weighted by Gasteiger charge is 2.15. The van der Waals surface area contributed by atoms with E-state index in [0.29, 0.717) is 12.2 Å². The average molecular weight is 406 g/mol. The zero-order chi connectivity index (χ0) is 17.4. The molecule has 0 aliphatic heterocycles. The zero-order valence-corrected chi connectivity index (χ0v) is 16.6. The van der Waals surface area contributed by atoms with E-state index in [1.807, 2.05) is 42.8 Å². The van der Waals surface area contributed by atoms with Gasteiger partial charge in [-0.05, 0) is 25.3 Å². The third-order valence-electron chi connectivity index (χ3n) is 4.06. The Balaban J connectivity index is 0.00000131. The lowest BCUT2D eigenvalue weighted by Gasteiger charge is -2.08. The Morgan fingerprint density at radius 3 is 2.56 bits per heavy atom. The first-order valence-electron chi connectivity index (χ1n) is 8.19. The van der Waals surface area contributed by atoms with Gasteiger partial charge in [-0.25, -0.2) is 14.6 Å². The molecule has 142 valence electrons. The normalized spacial score (nSPS) is 11.7. The van der Waals surface area contributed by atoms with Gasteiger partial charge in [0, 0.05) is 5.39 Å². The van der Waals surface area contributed by atoms with Gasteiger partial charge in [-0.1, -0.05) is 36.4 Å².